The molecule has 3 aromatic heterocycles. The van der Waals surface area contributed by atoms with Gasteiger partial charge in [0.1, 0.15) is 0 Å². The first-order valence-corrected chi connectivity index (χ1v) is 21.6. The van der Waals surface area contributed by atoms with Crippen molar-refractivity contribution in [3.05, 3.63) is 206 Å². The van der Waals surface area contributed by atoms with Crippen LogP contribution >= 0.6 is 0 Å². The molecule has 0 saturated heterocycles. The third kappa shape index (κ3) is 4.97. The average Bonchev–Trinajstić information content (AvgIpc) is 3.88. The van der Waals surface area contributed by atoms with Crippen LogP contribution in [0.5, 0.6) is 0 Å². The normalized spacial score (nSPS) is 12.4. The second-order valence-corrected chi connectivity index (χ2v) is 16.8. The first-order valence-electron chi connectivity index (χ1n) is 21.6. The topological polar surface area (TPSA) is 48.5 Å². The van der Waals surface area contributed by atoms with E-state index in [2.05, 4.69) is 179 Å². The molecule has 0 atom stereocenters. The van der Waals surface area contributed by atoms with Crippen molar-refractivity contribution in [2.75, 3.05) is 0 Å². The maximum Gasteiger partial charge on any atom is 0.252 e. The minimum atomic E-state index is 0.00498. The van der Waals surface area contributed by atoms with Crippen molar-refractivity contribution < 1.29 is 0 Å². The van der Waals surface area contributed by atoms with E-state index in [-0.39, 0.29) is 6.71 Å². The Morgan fingerprint density at radius 1 is 0.302 bits per heavy atom. The smallest absolute Gasteiger partial charge is 0.252 e. The number of aromatic nitrogens is 5. The molecule has 2 aliphatic heterocycles. The highest BCUT2D eigenvalue weighted by Crippen LogP contribution is 2.42. The Morgan fingerprint density at radius 2 is 0.698 bits per heavy atom. The van der Waals surface area contributed by atoms with E-state index in [1.165, 1.54) is 82.3 Å². The van der Waals surface area contributed by atoms with E-state index in [1.54, 1.807) is 0 Å². The van der Waals surface area contributed by atoms with Gasteiger partial charge in [-0.3, -0.25) is 0 Å². The zero-order valence-corrected chi connectivity index (χ0v) is 33.9. The highest BCUT2D eigenvalue weighted by atomic mass is 15.1. The highest BCUT2D eigenvalue weighted by molar-refractivity contribution is 7.00. The SMILES string of the molecule is c1ccc(-c2ccc3c(c2)c2cccc4c2n3-c2cc(-c3nc(-c5ccccc5)nc(-c5ccccc5)n3)cc3c2B4c2cccc4c5cc(-c6ccccc6)ccc5n-3c24)cc1. The molecular formula is C57H34BN5. The molecule has 14 rings (SSSR count). The molecule has 0 spiro atoms. The number of nitrogens with zero attached hydrogens (tertiary/aromatic N) is 5. The third-order valence-electron chi connectivity index (χ3n) is 13.3. The van der Waals surface area contributed by atoms with E-state index in [1.807, 2.05) is 36.4 Å². The van der Waals surface area contributed by atoms with Crippen molar-refractivity contribution in [2.45, 2.75) is 0 Å². The van der Waals surface area contributed by atoms with E-state index < -0.39 is 0 Å². The van der Waals surface area contributed by atoms with Crippen molar-refractivity contribution in [2.24, 2.45) is 0 Å². The van der Waals surface area contributed by atoms with E-state index in [4.69, 9.17) is 15.0 Å². The van der Waals surface area contributed by atoms with Crippen molar-refractivity contribution >= 4 is 66.7 Å². The minimum absolute atomic E-state index is 0.00498. The average molecular weight is 800 g/mol. The summed E-state index contributed by atoms with van der Waals surface area (Å²) in [4.78, 5) is 15.7. The summed E-state index contributed by atoms with van der Waals surface area (Å²) < 4.78 is 5.05. The van der Waals surface area contributed by atoms with Crippen LogP contribution < -0.4 is 16.4 Å². The van der Waals surface area contributed by atoms with Crippen molar-refractivity contribution in [3.63, 3.8) is 0 Å². The molecule has 0 aliphatic carbocycles. The summed E-state index contributed by atoms with van der Waals surface area (Å²) in [6, 6.07) is 74.3. The van der Waals surface area contributed by atoms with E-state index in [0.29, 0.717) is 17.5 Å². The van der Waals surface area contributed by atoms with Gasteiger partial charge in [-0.25, -0.2) is 15.0 Å². The molecule has 2 aliphatic rings. The van der Waals surface area contributed by atoms with Gasteiger partial charge in [-0.05, 0) is 75.0 Å². The third-order valence-corrected chi connectivity index (χ3v) is 13.3. The molecule has 0 fully saturated rings. The molecule has 0 unspecified atom stereocenters. The Labute approximate surface area is 363 Å². The molecule has 12 aromatic rings. The van der Waals surface area contributed by atoms with Crippen LogP contribution in [0, 0.1) is 0 Å². The van der Waals surface area contributed by atoms with Gasteiger partial charge < -0.3 is 9.13 Å². The van der Waals surface area contributed by atoms with Gasteiger partial charge in [0.25, 0.3) is 6.71 Å². The molecule has 63 heavy (non-hydrogen) atoms. The van der Waals surface area contributed by atoms with Crippen molar-refractivity contribution in [1.29, 1.82) is 0 Å². The second kappa shape index (κ2) is 13.1. The summed E-state index contributed by atoms with van der Waals surface area (Å²) in [6.45, 7) is 0.00498. The molecular weight excluding hydrogens is 765 g/mol. The molecule has 6 heteroatoms. The lowest BCUT2D eigenvalue weighted by molar-refractivity contribution is 1.07. The van der Waals surface area contributed by atoms with Crippen LogP contribution in [-0.4, -0.2) is 30.8 Å². The number of fused-ring (bicyclic) bond motifs is 10. The molecule has 290 valence electrons. The molecule has 9 aromatic carbocycles. The lowest BCUT2D eigenvalue weighted by atomic mass is 9.34. The first-order chi connectivity index (χ1) is 31.2. The molecule has 0 bridgehead atoms. The number of hydrogen-bond donors (Lipinski definition) is 0. The Balaban J connectivity index is 1.11. The summed E-state index contributed by atoms with van der Waals surface area (Å²) >= 11 is 0. The molecule has 0 N–H and O–H groups in total. The number of benzene rings is 9. The Hall–Kier alpha value is -8.35. The molecule has 0 amide bonds. The zero-order valence-electron chi connectivity index (χ0n) is 33.9. The number of para-hydroxylation sites is 2. The highest BCUT2D eigenvalue weighted by Gasteiger charge is 2.41. The van der Waals surface area contributed by atoms with E-state index >= 15 is 0 Å². The maximum absolute atomic E-state index is 5.30. The fourth-order valence-corrected chi connectivity index (χ4v) is 10.6. The van der Waals surface area contributed by atoms with Gasteiger partial charge in [0.05, 0.1) is 11.0 Å². The van der Waals surface area contributed by atoms with E-state index in [0.717, 1.165) is 28.1 Å². The Kier molecular flexibility index (Phi) is 7.14. The largest absolute Gasteiger partial charge is 0.310 e. The van der Waals surface area contributed by atoms with Crippen LogP contribution in [0.1, 0.15) is 0 Å². The van der Waals surface area contributed by atoms with Gasteiger partial charge >= 0.3 is 0 Å². The fraction of sp³-hybridized carbons (Fsp3) is 0. The quantitative estimate of drug-likeness (QED) is 0.163. The monoisotopic (exact) mass is 799 g/mol. The predicted molar refractivity (Wildman–Crippen MR) is 260 cm³/mol. The fourth-order valence-electron chi connectivity index (χ4n) is 10.6. The summed E-state index contributed by atoms with van der Waals surface area (Å²) in [5.41, 5.74) is 18.7. The standard InChI is InChI=1S/C57H34BN5/c1-5-15-35(16-6-1)39-27-29-48-44(31-39)42-23-13-25-46-53(42)62(48)50-33-41(57-60-55(37-19-9-3-10-20-37)59-56(61-57)38-21-11-4-12-22-38)34-51-52(50)58(46)47-26-14-24-43-45-32-40(36-17-7-2-8-18-36)28-30-49(45)63(51)54(43)47/h1-34H. The van der Waals surface area contributed by atoms with E-state index in [9.17, 15) is 0 Å². The zero-order chi connectivity index (χ0) is 41.2. The first kappa shape index (κ1) is 34.4. The predicted octanol–water partition coefficient (Wildman–Crippen LogP) is 11.5. The van der Waals surface area contributed by atoms with Crippen LogP contribution in [0.3, 0.4) is 0 Å². The molecule has 5 heterocycles. The van der Waals surface area contributed by atoms with Gasteiger partial charge in [0.15, 0.2) is 17.5 Å². The summed E-state index contributed by atoms with van der Waals surface area (Å²) in [5, 5.41) is 4.98. The lowest BCUT2D eigenvalue weighted by Crippen LogP contribution is -2.59. The molecule has 5 nitrogen and oxygen atoms in total. The minimum Gasteiger partial charge on any atom is -0.310 e. The van der Waals surface area contributed by atoms with Gasteiger partial charge in [-0.15, -0.1) is 0 Å². The van der Waals surface area contributed by atoms with Crippen molar-refractivity contribution in [1.82, 2.24) is 24.1 Å². The van der Waals surface area contributed by atoms with Crippen LogP contribution in [-0.2, 0) is 0 Å². The van der Waals surface area contributed by atoms with Gasteiger partial charge in [-0.1, -0.05) is 170 Å². The van der Waals surface area contributed by atoms with Gasteiger partial charge in [-0.2, -0.15) is 0 Å². The Morgan fingerprint density at radius 3 is 1.13 bits per heavy atom. The maximum atomic E-state index is 5.30. The number of rotatable bonds is 5. The lowest BCUT2D eigenvalue weighted by Gasteiger charge is -2.34. The van der Waals surface area contributed by atoms with Crippen LogP contribution in [0.2, 0.25) is 0 Å². The van der Waals surface area contributed by atoms with Crippen LogP contribution in [0.4, 0.5) is 0 Å². The second-order valence-electron chi connectivity index (χ2n) is 16.8. The summed E-state index contributed by atoms with van der Waals surface area (Å²) in [7, 11) is 0. The van der Waals surface area contributed by atoms with Crippen molar-refractivity contribution in [3.8, 4) is 67.8 Å². The van der Waals surface area contributed by atoms with Crippen LogP contribution in [0.15, 0.2) is 206 Å². The summed E-state index contributed by atoms with van der Waals surface area (Å²) in [5.74, 6) is 1.92. The Bertz CT molecular complexity index is 3590. The number of hydrogen-bond acceptors (Lipinski definition) is 3. The summed E-state index contributed by atoms with van der Waals surface area (Å²) in [6.07, 6.45) is 0. The molecule has 0 radical (unpaired) electrons. The molecule has 0 saturated carbocycles. The van der Waals surface area contributed by atoms with Gasteiger partial charge in [0.2, 0.25) is 0 Å². The van der Waals surface area contributed by atoms with Gasteiger partial charge in [0, 0.05) is 60.6 Å². The van der Waals surface area contributed by atoms with Crippen LogP contribution in [0.25, 0.3) is 111 Å².